The van der Waals surface area contributed by atoms with E-state index in [4.69, 9.17) is 9.47 Å². The van der Waals surface area contributed by atoms with E-state index in [9.17, 15) is 19.8 Å². The largest absolute Gasteiger partial charge is 0.478 e. The summed E-state index contributed by atoms with van der Waals surface area (Å²) in [6.45, 7) is 2.01. The van der Waals surface area contributed by atoms with Gasteiger partial charge in [-0.2, -0.15) is 0 Å². The fourth-order valence-corrected chi connectivity index (χ4v) is 6.45. The molecule has 0 aliphatic carbocycles. The van der Waals surface area contributed by atoms with Gasteiger partial charge in [-0.3, -0.25) is 9.78 Å². The third-order valence-corrected chi connectivity index (χ3v) is 8.93. The number of fused-ring (bicyclic) bond motifs is 1. The Labute approximate surface area is 264 Å². The number of carbonyl (C=O) groups excluding carboxylic acids is 1. The fourth-order valence-electron chi connectivity index (χ4n) is 5.24. The Bertz CT molecular complexity index is 1820. The van der Waals surface area contributed by atoms with Crippen molar-refractivity contribution in [1.29, 1.82) is 0 Å². The van der Waals surface area contributed by atoms with Crippen LogP contribution in [0.15, 0.2) is 108 Å². The molecule has 3 N–H and O–H groups in total. The van der Waals surface area contributed by atoms with Crippen molar-refractivity contribution in [2.45, 2.75) is 36.9 Å². The number of aliphatic hydroxyl groups excluding tert-OH is 1. The van der Waals surface area contributed by atoms with Gasteiger partial charge in [0.15, 0.2) is 6.29 Å². The van der Waals surface area contributed by atoms with E-state index >= 15 is 0 Å². The summed E-state index contributed by atoms with van der Waals surface area (Å²) < 4.78 is 13.0. The van der Waals surface area contributed by atoms with Crippen molar-refractivity contribution >= 4 is 40.4 Å². The van der Waals surface area contributed by atoms with Crippen LogP contribution in [0.4, 0.5) is 5.69 Å². The average Bonchev–Trinajstić information content (AvgIpc) is 3.08. The van der Waals surface area contributed by atoms with Crippen molar-refractivity contribution in [1.82, 2.24) is 9.97 Å². The smallest absolute Gasteiger partial charge is 0.336 e. The number of hydrogen-bond acceptors (Lipinski definition) is 8. The molecular formula is C35H31N3O6S. The Hall–Kier alpha value is -4.61. The zero-order chi connectivity index (χ0) is 31.3. The SMILES string of the molecule is C[C@H]1[C@@H](CSc2ccccc2C(=O)O)O[C@@H](c2ccc(NC(=O)c3cnc4ccccc4n3)cc2)O[C@H]1c1ccc(CO)cc1. The molecule has 1 aliphatic rings. The molecule has 228 valence electrons. The first-order valence-electron chi connectivity index (χ1n) is 14.5. The highest BCUT2D eigenvalue weighted by Crippen LogP contribution is 2.43. The summed E-state index contributed by atoms with van der Waals surface area (Å²) in [7, 11) is 0. The Morgan fingerprint density at radius 1 is 0.867 bits per heavy atom. The van der Waals surface area contributed by atoms with Crippen molar-refractivity contribution in [3.05, 3.63) is 131 Å². The van der Waals surface area contributed by atoms with Crippen molar-refractivity contribution < 1.29 is 29.3 Å². The zero-order valence-corrected chi connectivity index (χ0v) is 25.2. The number of amides is 1. The Balaban J connectivity index is 1.21. The van der Waals surface area contributed by atoms with E-state index in [1.54, 1.807) is 30.3 Å². The molecule has 45 heavy (non-hydrogen) atoms. The van der Waals surface area contributed by atoms with Gasteiger partial charge in [0.25, 0.3) is 5.91 Å². The van der Waals surface area contributed by atoms with E-state index in [2.05, 4.69) is 22.2 Å². The molecule has 1 fully saturated rings. The molecule has 1 saturated heterocycles. The molecule has 2 heterocycles. The number of nitrogens with zero attached hydrogens (tertiary/aromatic N) is 2. The minimum absolute atomic E-state index is 0.0499. The maximum Gasteiger partial charge on any atom is 0.336 e. The van der Waals surface area contributed by atoms with Gasteiger partial charge < -0.3 is 25.0 Å². The van der Waals surface area contributed by atoms with Crippen LogP contribution >= 0.6 is 11.8 Å². The molecule has 1 aliphatic heterocycles. The van der Waals surface area contributed by atoms with E-state index in [-0.39, 0.29) is 41.9 Å². The number of nitrogens with one attached hydrogen (secondary N) is 1. The number of anilines is 1. The summed E-state index contributed by atoms with van der Waals surface area (Å²) in [6.07, 6.45) is 0.156. The zero-order valence-electron chi connectivity index (χ0n) is 24.4. The second kappa shape index (κ2) is 13.6. The quantitative estimate of drug-likeness (QED) is 0.155. The minimum Gasteiger partial charge on any atom is -0.478 e. The number of carboxylic acids is 1. The van der Waals surface area contributed by atoms with Crippen LogP contribution in [0, 0.1) is 5.92 Å². The first kappa shape index (κ1) is 30.4. The molecule has 1 amide bonds. The van der Waals surface area contributed by atoms with Crippen LogP contribution in [-0.2, 0) is 16.1 Å². The van der Waals surface area contributed by atoms with Gasteiger partial charge in [0, 0.05) is 27.8 Å². The van der Waals surface area contributed by atoms with E-state index < -0.39 is 12.3 Å². The second-order valence-corrected chi connectivity index (χ2v) is 11.8. The van der Waals surface area contributed by atoms with Gasteiger partial charge >= 0.3 is 5.97 Å². The third-order valence-electron chi connectivity index (χ3n) is 7.77. The number of carbonyl (C=O) groups is 2. The Kier molecular flexibility index (Phi) is 9.18. The summed E-state index contributed by atoms with van der Waals surface area (Å²) in [5, 5.41) is 22.0. The molecule has 4 aromatic carbocycles. The topological polar surface area (TPSA) is 131 Å². The first-order chi connectivity index (χ1) is 21.9. The summed E-state index contributed by atoms with van der Waals surface area (Å²) in [6, 6.07) is 29.2. The number of para-hydroxylation sites is 2. The molecule has 5 aromatic rings. The lowest BCUT2D eigenvalue weighted by Gasteiger charge is -2.41. The molecule has 1 aromatic heterocycles. The highest BCUT2D eigenvalue weighted by molar-refractivity contribution is 7.99. The number of aromatic carboxylic acids is 1. The van der Waals surface area contributed by atoms with Crippen molar-refractivity contribution in [2.75, 3.05) is 11.1 Å². The van der Waals surface area contributed by atoms with Crippen LogP contribution in [-0.4, -0.2) is 43.9 Å². The van der Waals surface area contributed by atoms with E-state index in [0.717, 1.165) is 16.7 Å². The van der Waals surface area contributed by atoms with Gasteiger partial charge in [0.1, 0.15) is 5.69 Å². The van der Waals surface area contributed by atoms with Gasteiger partial charge in [-0.1, -0.05) is 67.6 Å². The summed E-state index contributed by atoms with van der Waals surface area (Å²) >= 11 is 1.44. The highest BCUT2D eigenvalue weighted by Gasteiger charge is 2.38. The fraction of sp³-hybridized carbons (Fsp3) is 0.200. The van der Waals surface area contributed by atoms with Gasteiger partial charge in [-0.25, -0.2) is 9.78 Å². The molecule has 10 heteroatoms. The minimum atomic E-state index is -0.974. The maximum atomic E-state index is 12.9. The number of aliphatic hydroxyl groups is 1. The van der Waals surface area contributed by atoms with Crippen molar-refractivity contribution in [3.8, 4) is 0 Å². The van der Waals surface area contributed by atoms with Crippen molar-refractivity contribution in [3.63, 3.8) is 0 Å². The summed E-state index contributed by atoms with van der Waals surface area (Å²) in [5.74, 6) is -0.895. The lowest BCUT2D eigenvalue weighted by atomic mass is 9.91. The number of aromatic nitrogens is 2. The highest BCUT2D eigenvalue weighted by atomic mass is 32.2. The number of thioether (sulfide) groups is 1. The van der Waals surface area contributed by atoms with Gasteiger partial charge in [0.05, 0.1) is 41.6 Å². The van der Waals surface area contributed by atoms with Crippen molar-refractivity contribution in [2.24, 2.45) is 5.92 Å². The van der Waals surface area contributed by atoms with Crippen LogP contribution in [0.3, 0.4) is 0 Å². The second-order valence-electron chi connectivity index (χ2n) is 10.8. The van der Waals surface area contributed by atoms with Crippen LogP contribution in [0.1, 0.15) is 56.9 Å². The predicted molar refractivity (Wildman–Crippen MR) is 171 cm³/mol. The number of hydrogen-bond donors (Lipinski definition) is 3. The van der Waals surface area contributed by atoms with E-state index in [1.807, 2.05) is 66.7 Å². The summed E-state index contributed by atoms with van der Waals surface area (Å²) in [4.78, 5) is 34.1. The molecule has 0 saturated carbocycles. The predicted octanol–water partition coefficient (Wildman–Crippen LogP) is 6.66. The molecule has 9 nitrogen and oxygen atoms in total. The maximum absolute atomic E-state index is 12.9. The van der Waals surface area contributed by atoms with Gasteiger partial charge in [-0.15, -0.1) is 11.8 Å². The van der Waals surface area contributed by atoms with Crippen LogP contribution < -0.4 is 5.32 Å². The molecule has 0 bridgehead atoms. The normalized spacial score (nSPS) is 19.7. The third kappa shape index (κ3) is 6.89. The van der Waals surface area contributed by atoms with Crippen LogP contribution in [0.2, 0.25) is 0 Å². The van der Waals surface area contributed by atoms with E-state index in [0.29, 0.717) is 27.4 Å². The molecule has 6 rings (SSSR count). The molecule has 0 unspecified atom stereocenters. The van der Waals surface area contributed by atoms with Crippen LogP contribution in [0.5, 0.6) is 0 Å². The lowest BCUT2D eigenvalue weighted by molar-refractivity contribution is -0.268. The number of carboxylic acid groups (broad SMARTS) is 1. The molecule has 4 atom stereocenters. The molecule has 0 spiro atoms. The van der Waals surface area contributed by atoms with E-state index in [1.165, 1.54) is 18.0 Å². The summed E-state index contributed by atoms with van der Waals surface area (Å²) in [5.41, 5.74) is 4.92. The standard InChI is InChI=1S/C35H31N3O6S/c1-21-30(20-45-31-9-5-2-6-26(31)34(41)42)43-35(44-32(21)23-12-10-22(19-39)11-13-23)24-14-16-25(17-15-24)37-33(40)29-18-36-27-7-3-4-8-28(27)38-29/h2-18,21,30,32,35,39H,19-20H2,1H3,(H,37,40)(H,41,42)/t21-,30+,32+,35+/m0/s1. The molecule has 0 radical (unpaired) electrons. The molecular weight excluding hydrogens is 590 g/mol. The van der Waals surface area contributed by atoms with Gasteiger partial charge in [0.2, 0.25) is 0 Å². The van der Waals surface area contributed by atoms with Crippen LogP contribution in [0.25, 0.3) is 11.0 Å². The average molecular weight is 622 g/mol. The first-order valence-corrected chi connectivity index (χ1v) is 15.5. The Morgan fingerprint density at radius 3 is 2.29 bits per heavy atom. The monoisotopic (exact) mass is 621 g/mol. The number of ether oxygens (including phenoxy) is 2. The number of benzene rings is 4. The van der Waals surface area contributed by atoms with Gasteiger partial charge in [-0.05, 0) is 47.5 Å². The lowest BCUT2D eigenvalue weighted by Crippen LogP contribution is -2.38. The Morgan fingerprint density at radius 2 is 1.56 bits per heavy atom. The number of rotatable bonds is 9.